The lowest BCUT2D eigenvalue weighted by molar-refractivity contribution is -0.117. The van der Waals surface area contributed by atoms with Crippen LogP contribution >= 0.6 is 0 Å². The fourth-order valence-electron chi connectivity index (χ4n) is 4.73. The van der Waals surface area contributed by atoms with Crippen LogP contribution < -0.4 is 15.4 Å². The standard InChI is InChI=1S/C27H30FN5O3.CH4/c1-35-12-13-36-27-30-25(29)22-15-24(34)33(26(22)31-27)17-19-6-9-21(23(28)14-19)20-7-4-18(5-8-20)16-32-10-2-3-11-32;/h4-9,14H,2-3,10-13,15-17H2,1H3,(H2,29,30,31);1H4. The third kappa shape index (κ3) is 5.89. The quantitative estimate of drug-likeness (QED) is 0.434. The number of likely N-dealkylation sites (tertiary alicyclic amines) is 1. The lowest BCUT2D eigenvalue weighted by Gasteiger charge is -2.18. The molecule has 0 spiro atoms. The van der Waals surface area contributed by atoms with Crippen molar-refractivity contribution in [3.63, 3.8) is 0 Å². The summed E-state index contributed by atoms with van der Waals surface area (Å²) in [5, 5.41) is 0. The fourth-order valence-corrected chi connectivity index (χ4v) is 4.73. The van der Waals surface area contributed by atoms with Gasteiger partial charge in [-0.15, -0.1) is 0 Å². The van der Waals surface area contributed by atoms with Crippen LogP contribution in [-0.4, -0.2) is 54.2 Å². The van der Waals surface area contributed by atoms with Gasteiger partial charge in [0.2, 0.25) is 5.91 Å². The van der Waals surface area contributed by atoms with E-state index in [1.54, 1.807) is 13.2 Å². The first kappa shape index (κ1) is 26.5. The zero-order valence-corrected chi connectivity index (χ0v) is 20.4. The summed E-state index contributed by atoms with van der Waals surface area (Å²) in [6, 6.07) is 13.2. The number of methoxy groups -OCH3 is 1. The van der Waals surface area contributed by atoms with Gasteiger partial charge in [0.15, 0.2) is 0 Å². The van der Waals surface area contributed by atoms with E-state index in [1.807, 2.05) is 18.2 Å². The molecule has 37 heavy (non-hydrogen) atoms. The zero-order chi connectivity index (χ0) is 25.1. The average molecular weight is 508 g/mol. The third-order valence-corrected chi connectivity index (χ3v) is 6.64. The number of nitrogens with zero attached hydrogens (tertiary/aromatic N) is 4. The van der Waals surface area contributed by atoms with Crippen molar-refractivity contribution in [1.29, 1.82) is 0 Å². The van der Waals surface area contributed by atoms with E-state index in [1.165, 1.54) is 29.4 Å². The van der Waals surface area contributed by atoms with E-state index in [0.717, 1.165) is 25.2 Å². The van der Waals surface area contributed by atoms with Gasteiger partial charge in [-0.2, -0.15) is 9.97 Å². The minimum absolute atomic E-state index is 0. The molecule has 3 aromatic rings. The van der Waals surface area contributed by atoms with E-state index in [4.69, 9.17) is 15.2 Å². The normalized spacial score (nSPS) is 15.1. The second-order valence-electron chi connectivity index (χ2n) is 9.19. The summed E-state index contributed by atoms with van der Waals surface area (Å²) in [4.78, 5) is 25.2. The van der Waals surface area contributed by atoms with Crippen molar-refractivity contribution >= 4 is 17.5 Å². The lowest BCUT2D eigenvalue weighted by atomic mass is 10.0. The van der Waals surface area contributed by atoms with Crippen molar-refractivity contribution in [3.05, 3.63) is 65.0 Å². The largest absolute Gasteiger partial charge is 0.461 e. The van der Waals surface area contributed by atoms with Gasteiger partial charge >= 0.3 is 6.01 Å². The molecule has 1 saturated heterocycles. The highest BCUT2D eigenvalue weighted by Gasteiger charge is 2.32. The SMILES string of the molecule is C.COCCOc1nc(N)c2c(n1)N(Cc1ccc(-c3ccc(CN4CCCC4)cc3)c(F)c1)C(=O)C2. The molecule has 9 heteroatoms. The molecule has 0 radical (unpaired) electrons. The summed E-state index contributed by atoms with van der Waals surface area (Å²) < 4.78 is 25.6. The van der Waals surface area contributed by atoms with Crippen LogP contribution in [0.4, 0.5) is 16.0 Å². The van der Waals surface area contributed by atoms with Crippen molar-refractivity contribution in [3.8, 4) is 17.1 Å². The Morgan fingerprint density at radius 2 is 1.73 bits per heavy atom. The number of anilines is 2. The van der Waals surface area contributed by atoms with Gasteiger partial charge in [0, 0.05) is 24.8 Å². The van der Waals surface area contributed by atoms with E-state index >= 15 is 4.39 Å². The number of ether oxygens (including phenoxy) is 2. The predicted molar refractivity (Wildman–Crippen MR) is 142 cm³/mol. The van der Waals surface area contributed by atoms with Crippen molar-refractivity contribution in [2.45, 2.75) is 39.8 Å². The van der Waals surface area contributed by atoms with Gasteiger partial charge in [-0.3, -0.25) is 14.6 Å². The van der Waals surface area contributed by atoms with Crippen LogP contribution in [0, 0.1) is 5.82 Å². The van der Waals surface area contributed by atoms with Crippen LogP contribution in [0.1, 0.15) is 37.0 Å². The number of halogens is 1. The zero-order valence-electron chi connectivity index (χ0n) is 20.4. The number of carbonyl (C=O) groups is 1. The number of nitrogen functional groups attached to an aromatic ring is 1. The van der Waals surface area contributed by atoms with E-state index in [9.17, 15) is 4.79 Å². The first-order valence-electron chi connectivity index (χ1n) is 12.2. The van der Waals surface area contributed by atoms with E-state index < -0.39 is 0 Å². The van der Waals surface area contributed by atoms with Crippen LogP contribution in [-0.2, 0) is 29.0 Å². The summed E-state index contributed by atoms with van der Waals surface area (Å²) in [5.41, 5.74) is 9.85. The van der Waals surface area contributed by atoms with Crippen molar-refractivity contribution in [2.75, 3.05) is 44.0 Å². The van der Waals surface area contributed by atoms with Crippen molar-refractivity contribution in [1.82, 2.24) is 14.9 Å². The molecule has 0 bridgehead atoms. The van der Waals surface area contributed by atoms with Crippen molar-refractivity contribution < 1.29 is 18.7 Å². The van der Waals surface area contributed by atoms with Gasteiger partial charge in [-0.05, 0) is 48.7 Å². The maximum absolute atomic E-state index is 15.1. The Kier molecular flexibility index (Phi) is 8.35. The number of hydrogen-bond donors (Lipinski definition) is 1. The Bertz CT molecular complexity index is 1250. The molecular formula is C28H34FN5O3. The second-order valence-corrected chi connectivity index (χ2v) is 9.19. The smallest absolute Gasteiger partial charge is 0.320 e. The van der Waals surface area contributed by atoms with Gasteiger partial charge in [-0.25, -0.2) is 4.39 Å². The molecule has 2 aliphatic rings. The summed E-state index contributed by atoms with van der Waals surface area (Å²) >= 11 is 0. The molecule has 5 rings (SSSR count). The Balaban J connectivity index is 0.00000320. The van der Waals surface area contributed by atoms with Crippen LogP contribution in [0.5, 0.6) is 6.01 Å². The Morgan fingerprint density at radius 1 is 1.00 bits per heavy atom. The van der Waals surface area contributed by atoms with Crippen LogP contribution in [0.15, 0.2) is 42.5 Å². The molecule has 0 saturated carbocycles. The summed E-state index contributed by atoms with van der Waals surface area (Å²) in [6.07, 6.45) is 2.62. The van der Waals surface area contributed by atoms with Crippen LogP contribution in [0.2, 0.25) is 0 Å². The molecule has 1 amide bonds. The first-order chi connectivity index (χ1) is 17.5. The molecule has 0 atom stereocenters. The molecular weight excluding hydrogens is 473 g/mol. The number of benzene rings is 2. The number of fused-ring (bicyclic) bond motifs is 1. The highest BCUT2D eigenvalue weighted by Crippen LogP contribution is 2.34. The highest BCUT2D eigenvalue weighted by atomic mass is 19.1. The third-order valence-electron chi connectivity index (χ3n) is 6.64. The summed E-state index contributed by atoms with van der Waals surface area (Å²) in [7, 11) is 1.57. The molecule has 0 aliphatic carbocycles. The summed E-state index contributed by atoms with van der Waals surface area (Å²) in [5.74, 6) is 0.103. The van der Waals surface area contributed by atoms with Gasteiger partial charge in [0.25, 0.3) is 0 Å². The average Bonchev–Trinajstić information content (AvgIpc) is 3.49. The number of rotatable bonds is 9. The molecule has 2 aliphatic heterocycles. The predicted octanol–water partition coefficient (Wildman–Crippen LogP) is 4.21. The topological polar surface area (TPSA) is 93.8 Å². The monoisotopic (exact) mass is 507 g/mol. The lowest BCUT2D eigenvalue weighted by Crippen LogP contribution is -2.26. The Morgan fingerprint density at radius 3 is 2.43 bits per heavy atom. The number of hydrogen-bond acceptors (Lipinski definition) is 7. The molecule has 2 aromatic carbocycles. The van der Waals surface area contributed by atoms with Gasteiger partial charge in [0.05, 0.1) is 19.6 Å². The van der Waals surface area contributed by atoms with Gasteiger partial charge in [0.1, 0.15) is 24.1 Å². The minimum atomic E-state index is -0.336. The molecule has 0 unspecified atom stereocenters. The molecule has 196 valence electrons. The Hall–Kier alpha value is -3.56. The number of aromatic nitrogens is 2. The molecule has 3 heterocycles. The number of carbonyl (C=O) groups excluding carboxylic acids is 1. The number of nitrogens with two attached hydrogens (primary N) is 1. The highest BCUT2D eigenvalue weighted by molar-refractivity contribution is 6.01. The second kappa shape index (κ2) is 11.7. The first-order valence-corrected chi connectivity index (χ1v) is 12.2. The summed E-state index contributed by atoms with van der Waals surface area (Å²) in [6.45, 7) is 4.02. The molecule has 2 N–H and O–H groups in total. The maximum Gasteiger partial charge on any atom is 0.320 e. The number of amides is 1. The molecule has 1 fully saturated rings. The fraction of sp³-hybridized carbons (Fsp3) is 0.393. The van der Waals surface area contributed by atoms with Crippen molar-refractivity contribution in [2.24, 2.45) is 0 Å². The van der Waals surface area contributed by atoms with E-state index in [2.05, 4.69) is 27.0 Å². The molecule has 1 aromatic heterocycles. The minimum Gasteiger partial charge on any atom is -0.461 e. The Labute approximate surface area is 217 Å². The van der Waals surface area contributed by atoms with E-state index in [-0.39, 0.29) is 50.6 Å². The maximum atomic E-state index is 15.1. The van der Waals surface area contributed by atoms with Gasteiger partial charge < -0.3 is 15.2 Å². The molecule has 8 nitrogen and oxygen atoms in total. The van der Waals surface area contributed by atoms with Gasteiger partial charge in [-0.1, -0.05) is 43.8 Å². The van der Waals surface area contributed by atoms with Crippen LogP contribution in [0.25, 0.3) is 11.1 Å². The van der Waals surface area contributed by atoms with E-state index in [0.29, 0.717) is 29.1 Å². The van der Waals surface area contributed by atoms with Crippen LogP contribution in [0.3, 0.4) is 0 Å².